The van der Waals surface area contributed by atoms with Gasteiger partial charge in [0.05, 0.1) is 18.4 Å². The van der Waals surface area contributed by atoms with E-state index in [4.69, 9.17) is 9.72 Å². The summed E-state index contributed by atoms with van der Waals surface area (Å²) in [6, 6.07) is 0.478. The van der Waals surface area contributed by atoms with Crippen molar-refractivity contribution in [3.8, 4) is 5.75 Å². The van der Waals surface area contributed by atoms with E-state index >= 15 is 0 Å². The quantitative estimate of drug-likeness (QED) is 0.852. The van der Waals surface area contributed by atoms with Crippen molar-refractivity contribution in [3.63, 3.8) is 0 Å². The third kappa shape index (κ3) is 1.98. The Morgan fingerprint density at radius 1 is 1.32 bits per heavy atom. The molecule has 0 spiro atoms. The van der Waals surface area contributed by atoms with Gasteiger partial charge < -0.3 is 9.64 Å². The highest BCUT2D eigenvalue weighted by atomic mass is 16.5. The molecule has 0 bridgehead atoms. The highest BCUT2D eigenvalue weighted by molar-refractivity contribution is 5.62. The number of anilines is 1. The Morgan fingerprint density at radius 3 is 2.91 bits per heavy atom. The van der Waals surface area contributed by atoms with Gasteiger partial charge in [0, 0.05) is 12.1 Å². The summed E-state index contributed by atoms with van der Waals surface area (Å²) in [6.45, 7) is 7.56. The molecular weight excluding hydrogens is 276 g/mol. The molecule has 5 heteroatoms. The molecule has 3 heterocycles. The summed E-state index contributed by atoms with van der Waals surface area (Å²) in [7, 11) is 0. The van der Waals surface area contributed by atoms with Crippen LogP contribution < -0.4 is 9.64 Å². The Kier molecular flexibility index (Phi) is 3.24. The number of hydrogen-bond acceptors (Lipinski definition) is 4. The van der Waals surface area contributed by atoms with Crippen molar-refractivity contribution < 1.29 is 4.74 Å². The molecule has 2 atom stereocenters. The number of ether oxygens (including phenoxy) is 1. The molecule has 1 aliphatic heterocycles. The second-order valence-corrected chi connectivity index (χ2v) is 6.75. The standard InChI is InChI=1S/C17H24N4O/c1-4-20-13-7-5-6-8-14(13)22-15-10-21-16(19-17(15)20)12(9-18-21)11(2)3/h9-11,13-14H,4-8H2,1-3H3. The van der Waals surface area contributed by atoms with Gasteiger partial charge in [-0.3, -0.25) is 0 Å². The summed E-state index contributed by atoms with van der Waals surface area (Å²) in [4.78, 5) is 7.39. The highest BCUT2D eigenvalue weighted by Gasteiger charge is 2.38. The molecule has 2 unspecified atom stereocenters. The predicted molar refractivity (Wildman–Crippen MR) is 86.8 cm³/mol. The average Bonchev–Trinajstić information content (AvgIpc) is 2.93. The van der Waals surface area contributed by atoms with E-state index in [1.807, 2.05) is 16.9 Å². The molecule has 4 rings (SSSR count). The SMILES string of the molecule is CCN1c2nc3c(C(C)C)cnn3cc2OC2CCCCC21. The molecule has 118 valence electrons. The van der Waals surface area contributed by atoms with Gasteiger partial charge in [0.2, 0.25) is 0 Å². The first kappa shape index (κ1) is 13.9. The second kappa shape index (κ2) is 5.14. The van der Waals surface area contributed by atoms with Crippen molar-refractivity contribution in [2.24, 2.45) is 0 Å². The fourth-order valence-corrected chi connectivity index (χ4v) is 3.88. The minimum absolute atomic E-state index is 0.306. The lowest BCUT2D eigenvalue weighted by Crippen LogP contribution is -2.51. The summed E-state index contributed by atoms with van der Waals surface area (Å²) in [6.07, 6.45) is 9.17. The molecular formula is C17H24N4O. The first-order valence-corrected chi connectivity index (χ1v) is 8.50. The topological polar surface area (TPSA) is 42.7 Å². The van der Waals surface area contributed by atoms with Crippen molar-refractivity contribution in [1.82, 2.24) is 14.6 Å². The van der Waals surface area contributed by atoms with Crippen molar-refractivity contribution in [2.45, 2.75) is 64.5 Å². The van der Waals surface area contributed by atoms with Crippen LogP contribution in [0.3, 0.4) is 0 Å². The van der Waals surface area contributed by atoms with E-state index in [0.717, 1.165) is 30.2 Å². The van der Waals surface area contributed by atoms with Crippen molar-refractivity contribution in [3.05, 3.63) is 18.0 Å². The Bertz CT molecular complexity index is 693. The Labute approximate surface area is 131 Å². The largest absolute Gasteiger partial charge is 0.483 e. The summed E-state index contributed by atoms with van der Waals surface area (Å²) < 4.78 is 8.15. The molecule has 1 aliphatic carbocycles. The molecule has 0 aromatic carbocycles. The van der Waals surface area contributed by atoms with Crippen LogP contribution in [0.1, 0.15) is 57.9 Å². The Morgan fingerprint density at radius 2 is 2.14 bits per heavy atom. The molecule has 1 saturated carbocycles. The van der Waals surface area contributed by atoms with Crippen LogP contribution in [0.2, 0.25) is 0 Å². The van der Waals surface area contributed by atoms with E-state index in [2.05, 4.69) is 30.8 Å². The van der Waals surface area contributed by atoms with Gasteiger partial charge >= 0.3 is 0 Å². The van der Waals surface area contributed by atoms with Gasteiger partial charge in [-0.1, -0.05) is 20.3 Å². The lowest BCUT2D eigenvalue weighted by atomic mass is 9.90. The maximum Gasteiger partial charge on any atom is 0.180 e. The third-order valence-electron chi connectivity index (χ3n) is 5.05. The van der Waals surface area contributed by atoms with Crippen LogP contribution in [0.15, 0.2) is 12.4 Å². The highest BCUT2D eigenvalue weighted by Crippen LogP contribution is 2.40. The van der Waals surface area contributed by atoms with Crippen LogP contribution >= 0.6 is 0 Å². The fraction of sp³-hybridized carbons (Fsp3) is 0.647. The van der Waals surface area contributed by atoms with E-state index < -0.39 is 0 Å². The molecule has 5 nitrogen and oxygen atoms in total. The lowest BCUT2D eigenvalue weighted by Gasteiger charge is -2.44. The predicted octanol–water partition coefficient (Wildman–Crippen LogP) is 3.38. The molecule has 2 aromatic rings. The number of aromatic nitrogens is 3. The monoisotopic (exact) mass is 300 g/mol. The zero-order valence-corrected chi connectivity index (χ0v) is 13.6. The number of rotatable bonds is 2. The van der Waals surface area contributed by atoms with Gasteiger partial charge in [-0.2, -0.15) is 5.10 Å². The Hall–Kier alpha value is -1.78. The van der Waals surface area contributed by atoms with Crippen LogP contribution in [0.25, 0.3) is 5.65 Å². The summed E-state index contributed by atoms with van der Waals surface area (Å²) in [5, 5.41) is 4.46. The normalized spacial score (nSPS) is 24.3. The summed E-state index contributed by atoms with van der Waals surface area (Å²) >= 11 is 0. The van der Waals surface area contributed by atoms with Crippen LogP contribution in [0, 0.1) is 0 Å². The first-order valence-electron chi connectivity index (χ1n) is 8.50. The molecule has 0 saturated heterocycles. The minimum atomic E-state index is 0.306. The molecule has 2 aromatic heterocycles. The van der Waals surface area contributed by atoms with Gasteiger partial charge in [-0.15, -0.1) is 0 Å². The maximum absolute atomic E-state index is 6.28. The van der Waals surface area contributed by atoms with E-state index in [0.29, 0.717) is 18.1 Å². The maximum atomic E-state index is 6.28. The first-order chi connectivity index (χ1) is 10.7. The zero-order chi connectivity index (χ0) is 15.3. The van der Waals surface area contributed by atoms with Gasteiger partial charge in [0.15, 0.2) is 17.2 Å². The molecule has 0 N–H and O–H groups in total. The molecule has 0 amide bonds. The molecule has 1 fully saturated rings. The summed E-state index contributed by atoms with van der Waals surface area (Å²) in [5.74, 6) is 2.31. The van der Waals surface area contributed by atoms with Crippen LogP contribution in [-0.4, -0.2) is 33.3 Å². The van der Waals surface area contributed by atoms with Gasteiger partial charge in [-0.25, -0.2) is 9.50 Å². The van der Waals surface area contributed by atoms with E-state index in [9.17, 15) is 0 Å². The third-order valence-corrected chi connectivity index (χ3v) is 5.05. The zero-order valence-electron chi connectivity index (χ0n) is 13.6. The van der Waals surface area contributed by atoms with Gasteiger partial charge in [-0.05, 0) is 32.1 Å². The number of nitrogens with zero attached hydrogens (tertiary/aromatic N) is 4. The number of hydrogen-bond donors (Lipinski definition) is 0. The number of fused-ring (bicyclic) bond motifs is 3. The van der Waals surface area contributed by atoms with E-state index in [-0.39, 0.29) is 0 Å². The van der Waals surface area contributed by atoms with E-state index in [1.165, 1.54) is 24.8 Å². The van der Waals surface area contributed by atoms with Crippen molar-refractivity contribution >= 4 is 11.5 Å². The summed E-state index contributed by atoms with van der Waals surface area (Å²) in [5.41, 5.74) is 2.16. The smallest absolute Gasteiger partial charge is 0.180 e. The van der Waals surface area contributed by atoms with Crippen LogP contribution in [0.4, 0.5) is 5.82 Å². The average molecular weight is 300 g/mol. The molecule has 22 heavy (non-hydrogen) atoms. The Balaban J connectivity index is 1.85. The van der Waals surface area contributed by atoms with E-state index in [1.54, 1.807) is 0 Å². The van der Waals surface area contributed by atoms with Gasteiger partial charge in [0.25, 0.3) is 0 Å². The van der Waals surface area contributed by atoms with Crippen LogP contribution in [-0.2, 0) is 0 Å². The molecule has 0 radical (unpaired) electrons. The lowest BCUT2D eigenvalue weighted by molar-refractivity contribution is 0.112. The molecule has 2 aliphatic rings. The number of likely N-dealkylation sites (N-methyl/N-ethyl adjacent to an activating group) is 1. The fourth-order valence-electron chi connectivity index (χ4n) is 3.88. The van der Waals surface area contributed by atoms with Gasteiger partial charge in [0.1, 0.15) is 6.10 Å². The van der Waals surface area contributed by atoms with Crippen molar-refractivity contribution in [1.29, 1.82) is 0 Å². The second-order valence-electron chi connectivity index (χ2n) is 6.75. The minimum Gasteiger partial charge on any atom is -0.483 e. The van der Waals surface area contributed by atoms with Crippen LogP contribution in [0.5, 0.6) is 5.75 Å². The van der Waals surface area contributed by atoms with Crippen molar-refractivity contribution in [2.75, 3.05) is 11.4 Å².